The molecule has 4 rings (SSSR count). The zero-order valence-electron chi connectivity index (χ0n) is 19.8. The van der Waals surface area contributed by atoms with Crippen molar-refractivity contribution in [2.24, 2.45) is 0 Å². The fraction of sp³-hybridized carbons (Fsp3) is 0.458. The smallest absolute Gasteiger partial charge is 0.295 e. The van der Waals surface area contributed by atoms with Gasteiger partial charge in [-0.05, 0) is 62.6 Å². The molecule has 0 amide bonds. The van der Waals surface area contributed by atoms with Crippen molar-refractivity contribution in [3.8, 4) is 11.5 Å². The first-order chi connectivity index (χ1) is 16.7. The molecule has 1 aliphatic rings. The number of oxazole rings is 1. The molecule has 1 saturated heterocycles. The van der Waals surface area contributed by atoms with E-state index < -0.39 is 10.1 Å². The number of anilines is 1. The number of piperidine rings is 1. The summed E-state index contributed by atoms with van der Waals surface area (Å²) in [6, 6.07) is 10.5. The number of hydrogen-bond donors (Lipinski definition) is 3. The fourth-order valence-corrected chi connectivity index (χ4v) is 4.57. The van der Waals surface area contributed by atoms with Gasteiger partial charge in [0.05, 0.1) is 17.6 Å². The minimum Gasteiger partial charge on any atom is -0.487 e. The van der Waals surface area contributed by atoms with E-state index >= 15 is 0 Å². The highest BCUT2D eigenvalue weighted by Gasteiger charge is 2.22. The van der Waals surface area contributed by atoms with E-state index in [9.17, 15) is 13.0 Å². The highest BCUT2D eigenvalue weighted by atomic mass is 32.2. The van der Waals surface area contributed by atoms with Crippen molar-refractivity contribution in [1.29, 1.82) is 0 Å². The van der Waals surface area contributed by atoms with Crippen molar-refractivity contribution in [1.82, 2.24) is 9.88 Å². The van der Waals surface area contributed by atoms with E-state index in [0.717, 1.165) is 38.0 Å². The number of rotatable bonds is 10. The Balaban J connectivity index is 1.34. The van der Waals surface area contributed by atoms with Crippen LogP contribution in [0.15, 0.2) is 45.7 Å². The van der Waals surface area contributed by atoms with Crippen molar-refractivity contribution < 1.29 is 32.0 Å². The molecule has 35 heavy (non-hydrogen) atoms. The number of nitrogens with zero attached hydrogens (tertiary/aromatic N) is 2. The van der Waals surface area contributed by atoms with Crippen LogP contribution in [0.3, 0.4) is 0 Å². The van der Waals surface area contributed by atoms with E-state index in [0.29, 0.717) is 28.6 Å². The number of likely N-dealkylation sites (tertiary alicyclic amines) is 1. The standard InChI is InChI=1S/C24H31N3O7S/c1-16(2)33-22-5-3-17(13-23(22)32-12-11-28)15-27-9-7-18(8-10-27)25-24-26-20-14-19(35(29,30)31)4-6-21(20)34-24/h3-6,13-14,16,18,28H,7-12,15H2,1-2H3,(H,25,26)(H,29,30,31). The fourth-order valence-electron chi connectivity index (χ4n) is 4.07. The summed E-state index contributed by atoms with van der Waals surface area (Å²) in [6.45, 7) is 6.59. The molecule has 0 bridgehead atoms. The monoisotopic (exact) mass is 505 g/mol. The number of nitrogens with one attached hydrogen (secondary N) is 1. The summed E-state index contributed by atoms with van der Waals surface area (Å²) in [5, 5.41) is 12.4. The van der Waals surface area contributed by atoms with Crippen LogP contribution < -0.4 is 14.8 Å². The molecule has 0 atom stereocenters. The Morgan fingerprint density at radius 1 is 1.17 bits per heavy atom. The zero-order chi connectivity index (χ0) is 25.0. The topological polar surface area (TPSA) is 134 Å². The van der Waals surface area contributed by atoms with E-state index in [2.05, 4.69) is 15.2 Å². The second kappa shape index (κ2) is 10.8. The number of aliphatic hydroxyl groups is 1. The van der Waals surface area contributed by atoms with Gasteiger partial charge in [-0.1, -0.05) is 6.07 Å². The Bertz CT molecular complexity index is 1250. The Morgan fingerprint density at radius 3 is 2.63 bits per heavy atom. The van der Waals surface area contributed by atoms with Gasteiger partial charge < -0.3 is 24.3 Å². The van der Waals surface area contributed by atoms with E-state index in [1.54, 1.807) is 0 Å². The molecule has 0 spiro atoms. The number of benzene rings is 2. The summed E-state index contributed by atoms with van der Waals surface area (Å²) >= 11 is 0. The molecule has 1 aromatic heterocycles. The minimum absolute atomic E-state index is 0.0230. The largest absolute Gasteiger partial charge is 0.487 e. The maximum atomic E-state index is 11.3. The number of ether oxygens (including phenoxy) is 2. The first-order valence-electron chi connectivity index (χ1n) is 11.6. The number of fused-ring (bicyclic) bond motifs is 1. The predicted molar refractivity (Wildman–Crippen MR) is 131 cm³/mol. The van der Waals surface area contributed by atoms with Crippen LogP contribution in [-0.2, 0) is 16.7 Å². The van der Waals surface area contributed by atoms with Crippen molar-refractivity contribution in [3.05, 3.63) is 42.0 Å². The number of hydrogen-bond acceptors (Lipinski definition) is 9. The minimum atomic E-state index is -4.29. The van der Waals surface area contributed by atoms with Crippen LogP contribution in [0.4, 0.5) is 6.01 Å². The van der Waals surface area contributed by atoms with Gasteiger partial charge in [-0.15, -0.1) is 0 Å². The Hall–Kier alpha value is -2.86. The average Bonchev–Trinajstić information content (AvgIpc) is 3.21. The normalized spacial score (nSPS) is 15.6. The molecule has 3 aromatic rings. The second-order valence-electron chi connectivity index (χ2n) is 8.84. The molecular weight excluding hydrogens is 474 g/mol. The first kappa shape index (κ1) is 25.2. The van der Waals surface area contributed by atoms with E-state index in [-0.39, 0.29) is 30.3 Å². The van der Waals surface area contributed by atoms with Crippen LogP contribution in [0.5, 0.6) is 11.5 Å². The number of aromatic nitrogens is 1. The molecule has 3 N–H and O–H groups in total. The summed E-state index contributed by atoms with van der Waals surface area (Å²) in [6.07, 6.45) is 1.80. The molecule has 11 heteroatoms. The van der Waals surface area contributed by atoms with E-state index in [4.69, 9.17) is 19.0 Å². The molecule has 0 aliphatic carbocycles. The van der Waals surface area contributed by atoms with Crippen LogP contribution in [0.2, 0.25) is 0 Å². The lowest BCUT2D eigenvalue weighted by molar-refractivity contribution is 0.183. The molecular formula is C24H31N3O7S. The van der Waals surface area contributed by atoms with Crippen LogP contribution in [0.1, 0.15) is 32.3 Å². The van der Waals surface area contributed by atoms with Gasteiger partial charge in [-0.3, -0.25) is 9.45 Å². The highest BCUT2D eigenvalue weighted by Crippen LogP contribution is 2.30. The van der Waals surface area contributed by atoms with Gasteiger partial charge in [0.25, 0.3) is 16.1 Å². The van der Waals surface area contributed by atoms with Crippen molar-refractivity contribution in [2.45, 2.75) is 50.3 Å². The van der Waals surface area contributed by atoms with Crippen LogP contribution >= 0.6 is 0 Å². The maximum absolute atomic E-state index is 11.3. The summed E-state index contributed by atoms with van der Waals surface area (Å²) < 4.78 is 49.1. The molecule has 10 nitrogen and oxygen atoms in total. The van der Waals surface area contributed by atoms with Gasteiger partial charge in [-0.25, -0.2) is 0 Å². The highest BCUT2D eigenvalue weighted by molar-refractivity contribution is 7.85. The first-order valence-corrected chi connectivity index (χ1v) is 13.1. The summed E-state index contributed by atoms with van der Waals surface area (Å²) in [4.78, 5) is 6.46. The van der Waals surface area contributed by atoms with Gasteiger partial charge in [0.2, 0.25) is 0 Å². The van der Waals surface area contributed by atoms with Gasteiger partial charge >= 0.3 is 0 Å². The Labute approximate surface area is 204 Å². The number of aliphatic hydroxyl groups excluding tert-OH is 1. The maximum Gasteiger partial charge on any atom is 0.295 e. The van der Waals surface area contributed by atoms with Gasteiger partial charge in [0.1, 0.15) is 12.1 Å². The van der Waals surface area contributed by atoms with Crippen LogP contribution in [0.25, 0.3) is 11.1 Å². The van der Waals surface area contributed by atoms with E-state index in [1.165, 1.54) is 18.2 Å². The molecule has 190 valence electrons. The molecule has 0 saturated carbocycles. The quantitative estimate of drug-likeness (QED) is 0.352. The Kier molecular flexibility index (Phi) is 7.80. The summed E-state index contributed by atoms with van der Waals surface area (Å²) in [5.74, 6) is 1.30. The lowest BCUT2D eigenvalue weighted by Gasteiger charge is -2.32. The summed E-state index contributed by atoms with van der Waals surface area (Å²) in [7, 11) is -4.29. The molecule has 0 radical (unpaired) electrons. The van der Waals surface area contributed by atoms with Gasteiger partial charge in [0.15, 0.2) is 17.1 Å². The second-order valence-corrected chi connectivity index (χ2v) is 10.3. The molecule has 2 heterocycles. The van der Waals surface area contributed by atoms with Gasteiger partial charge in [-0.2, -0.15) is 13.4 Å². The predicted octanol–water partition coefficient (Wildman–Crippen LogP) is 3.31. The third-order valence-corrected chi connectivity index (χ3v) is 6.55. The van der Waals surface area contributed by atoms with Crippen LogP contribution in [0, 0.1) is 0 Å². The molecule has 2 aromatic carbocycles. The van der Waals surface area contributed by atoms with Crippen molar-refractivity contribution in [2.75, 3.05) is 31.6 Å². The third kappa shape index (κ3) is 6.63. The lowest BCUT2D eigenvalue weighted by atomic mass is 10.0. The van der Waals surface area contributed by atoms with Gasteiger partial charge in [0, 0.05) is 25.7 Å². The van der Waals surface area contributed by atoms with Crippen LogP contribution in [-0.4, -0.2) is 66.4 Å². The lowest BCUT2D eigenvalue weighted by Crippen LogP contribution is -2.38. The van der Waals surface area contributed by atoms with E-state index in [1.807, 2.05) is 32.0 Å². The summed E-state index contributed by atoms with van der Waals surface area (Å²) in [5.41, 5.74) is 1.92. The van der Waals surface area contributed by atoms with Crippen molar-refractivity contribution >= 4 is 27.2 Å². The Morgan fingerprint density at radius 2 is 1.94 bits per heavy atom. The van der Waals surface area contributed by atoms with Crippen molar-refractivity contribution in [3.63, 3.8) is 0 Å². The molecule has 1 fully saturated rings. The SMILES string of the molecule is CC(C)Oc1ccc(CN2CCC(Nc3nc4cc(S(=O)(=O)O)ccc4o3)CC2)cc1OCCO. The third-order valence-electron chi connectivity index (χ3n) is 5.70. The zero-order valence-corrected chi connectivity index (χ0v) is 20.6. The molecule has 1 aliphatic heterocycles. The molecule has 0 unspecified atom stereocenters. The average molecular weight is 506 g/mol.